The molecule has 0 saturated carbocycles. The Labute approximate surface area is 114 Å². The topological polar surface area (TPSA) is 87.0 Å². The molecule has 5 nitrogen and oxygen atoms in total. The fraction of sp³-hybridized carbons (Fsp3) is 0.133. The van der Waals surface area contributed by atoms with Gasteiger partial charge in [0.25, 0.3) is 0 Å². The molecule has 1 aliphatic rings. The number of rotatable bonds is 1. The van der Waals surface area contributed by atoms with Crippen LogP contribution in [0.15, 0.2) is 36.4 Å². The average Bonchev–Trinajstić information content (AvgIpc) is 2.42. The molecule has 3 N–H and O–H groups in total. The Balaban J connectivity index is 1.99. The molecule has 0 saturated heterocycles. The number of carbonyl (C=O) groups is 1. The van der Waals surface area contributed by atoms with Gasteiger partial charge in [0.2, 0.25) is 0 Å². The van der Waals surface area contributed by atoms with Crippen LogP contribution in [0.3, 0.4) is 0 Å². The zero-order valence-electron chi connectivity index (χ0n) is 10.4. The monoisotopic (exact) mass is 272 g/mol. The Kier molecular flexibility index (Phi) is 2.75. The smallest absolute Gasteiger partial charge is 0.182 e. The molecule has 0 fully saturated rings. The van der Waals surface area contributed by atoms with Crippen LogP contribution in [-0.4, -0.2) is 21.1 Å². The molecule has 2 aromatic rings. The number of phenols is 3. The van der Waals surface area contributed by atoms with Gasteiger partial charge in [0.1, 0.15) is 11.5 Å². The third kappa shape index (κ3) is 2.03. The van der Waals surface area contributed by atoms with Crippen molar-refractivity contribution < 1.29 is 24.9 Å². The lowest BCUT2D eigenvalue weighted by molar-refractivity contribution is -0.126. The van der Waals surface area contributed by atoms with Crippen LogP contribution in [0.5, 0.6) is 23.0 Å². The van der Waals surface area contributed by atoms with Crippen molar-refractivity contribution in [2.24, 2.45) is 0 Å². The molecule has 0 radical (unpaired) electrons. The highest BCUT2D eigenvalue weighted by Gasteiger charge is 2.29. The van der Waals surface area contributed by atoms with Gasteiger partial charge in [-0.05, 0) is 18.2 Å². The molecule has 20 heavy (non-hydrogen) atoms. The van der Waals surface area contributed by atoms with E-state index in [4.69, 9.17) is 4.74 Å². The number of Topliss-reactive ketones (excluding diaryl/α,β-unsaturated/α-hetero) is 1. The van der Waals surface area contributed by atoms with E-state index in [1.807, 2.05) is 0 Å². The molecule has 3 rings (SSSR count). The third-order valence-corrected chi connectivity index (χ3v) is 3.25. The van der Waals surface area contributed by atoms with Crippen LogP contribution in [0.25, 0.3) is 0 Å². The maximum Gasteiger partial charge on any atom is 0.182 e. The predicted octanol–water partition coefficient (Wildman–Crippen LogP) is 2.05. The Bertz CT molecular complexity index is 693. The van der Waals surface area contributed by atoms with Gasteiger partial charge in [-0.2, -0.15) is 0 Å². The Hall–Kier alpha value is -2.69. The fourth-order valence-electron chi connectivity index (χ4n) is 2.23. The molecule has 0 bridgehead atoms. The normalized spacial score (nSPS) is 17.4. The summed E-state index contributed by atoms with van der Waals surface area (Å²) in [6, 6.07) is 8.72. The molecule has 1 aliphatic heterocycles. The number of carbonyl (C=O) groups excluding carboxylic acids is 1. The van der Waals surface area contributed by atoms with Gasteiger partial charge in [-0.3, -0.25) is 4.79 Å². The lowest BCUT2D eigenvalue weighted by Crippen LogP contribution is -2.25. The van der Waals surface area contributed by atoms with Crippen molar-refractivity contribution in [2.75, 3.05) is 0 Å². The second-order valence-electron chi connectivity index (χ2n) is 4.68. The molecule has 2 aromatic carbocycles. The molecular weight excluding hydrogens is 260 g/mol. The lowest BCUT2D eigenvalue weighted by atomic mass is 9.96. The van der Waals surface area contributed by atoms with Gasteiger partial charge >= 0.3 is 0 Å². The van der Waals surface area contributed by atoms with E-state index >= 15 is 0 Å². The summed E-state index contributed by atoms with van der Waals surface area (Å²) in [5, 5.41) is 28.2. The molecule has 0 aromatic heterocycles. The van der Waals surface area contributed by atoms with Crippen LogP contribution in [0.1, 0.15) is 17.2 Å². The number of ketones is 1. The third-order valence-electron chi connectivity index (χ3n) is 3.25. The maximum absolute atomic E-state index is 12.1. The first-order valence-electron chi connectivity index (χ1n) is 6.08. The highest BCUT2D eigenvalue weighted by atomic mass is 16.5. The van der Waals surface area contributed by atoms with Gasteiger partial charge < -0.3 is 20.1 Å². The molecule has 0 amide bonds. The predicted molar refractivity (Wildman–Crippen MR) is 70.0 cm³/mol. The zero-order valence-corrected chi connectivity index (χ0v) is 10.4. The zero-order chi connectivity index (χ0) is 14.3. The van der Waals surface area contributed by atoms with Crippen molar-refractivity contribution in [3.63, 3.8) is 0 Å². The van der Waals surface area contributed by atoms with Gasteiger partial charge in [0.15, 0.2) is 23.4 Å². The first-order chi connectivity index (χ1) is 9.54. The molecule has 5 heteroatoms. The van der Waals surface area contributed by atoms with Crippen molar-refractivity contribution in [1.29, 1.82) is 0 Å². The summed E-state index contributed by atoms with van der Waals surface area (Å²) in [6.07, 6.45) is -0.655. The second-order valence-corrected chi connectivity index (χ2v) is 4.68. The van der Waals surface area contributed by atoms with E-state index in [2.05, 4.69) is 0 Å². The van der Waals surface area contributed by atoms with E-state index in [1.54, 1.807) is 6.07 Å². The molecule has 1 atom stereocenters. The van der Waals surface area contributed by atoms with E-state index in [0.29, 0.717) is 16.9 Å². The summed E-state index contributed by atoms with van der Waals surface area (Å²) in [5.41, 5.74) is 1.17. The van der Waals surface area contributed by atoms with Crippen LogP contribution in [0.4, 0.5) is 0 Å². The number of phenolic OH excluding ortho intramolecular Hbond substituents is 3. The van der Waals surface area contributed by atoms with Crippen molar-refractivity contribution >= 4 is 5.78 Å². The minimum atomic E-state index is -0.851. The molecular formula is C15H12O5. The van der Waals surface area contributed by atoms with E-state index in [9.17, 15) is 20.1 Å². The highest BCUT2D eigenvalue weighted by molar-refractivity contribution is 5.89. The summed E-state index contributed by atoms with van der Waals surface area (Å²) >= 11 is 0. The fourth-order valence-corrected chi connectivity index (χ4v) is 2.23. The molecule has 1 heterocycles. The highest BCUT2D eigenvalue weighted by Crippen LogP contribution is 2.37. The molecule has 0 spiro atoms. The van der Waals surface area contributed by atoms with Gasteiger partial charge in [-0.1, -0.05) is 12.1 Å². The molecule has 0 unspecified atom stereocenters. The molecule has 0 aliphatic carbocycles. The first-order valence-corrected chi connectivity index (χ1v) is 6.08. The van der Waals surface area contributed by atoms with E-state index in [1.165, 1.54) is 30.3 Å². The number of hydrogen-bond acceptors (Lipinski definition) is 5. The van der Waals surface area contributed by atoms with Crippen LogP contribution in [-0.2, 0) is 11.2 Å². The Morgan fingerprint density at radius 2 is 1.80 bits per heavy atom. The number of benzene rings is 2. The summed E-state index contributed by atoms with van der Waals surface area (Å²) in [7, 11) is 0. The van der Waals surface area contributed by atoms with Crippen molar-refractivity contribution in [3.05, 3.63) is 47.5 Å². The van der Waals surface area contributed by atoms with Crippen LogP contribution in [0.2, 0.25) is 0 Å². The first kappa shape index (κ1) is 12.3. The summed E-state index contributed by atoms with van der Waals surface area (Å²) < 4.78 is 5.60. The second kappa shape index (κ2) is 4.45. The number of aromatic hydroxyl groups is 3. The quantitative estimate of drug-likeness (QED) is 0.692. The maximum atomic E-state index is 12.1. The average molecular weight is 272 g/mol. The SMILES string of the molecule is O=C1Cc2ccc(O)cc2O[C@@H]1c1ccc(O)c(O)c1. The van der Waals surface area contributed by atoms with Gasteiger partial charge in [-0.25, -0.2) is 0 Å². The van der Waals surface area contributed by atoms with Crippen molar-refractivity contribution in [2.45, 2.75) is 12.5 Å². The van der Waals surface area contributed by atoms with Crippen molar-refractivity contribution in [3.8, 4) is 23.0 Å². The van der Waals surface area contributed by atoms with Crippen molar-refractivity contribution in [1.82, 2.24) is 0 Å². The summed E-state index contributed by atoms with van der Waals surface area (Å²) in [4.78, 5) is 12.1. The Morgan fingerprint density at radius 1 is 1.00 bits per heavy atom. The van der Waals surface area contributed by atoms with Gasteiger partial charge in [0, 0.05) is 23.6 Å². The number of hydrogen-bond donors (Lipinski definition) is 3. The largest absolute Gasteiger partial charge is 0.508 e. The van der Waals surface area contributed by atoms with Gasteiger partial charge in [-0.15, -0.1) is 0 Å². The van der Waals surface area contributed by atoms with Crippen LogP contribution < -0.4 is 4.74 Å². The van der Waals surface area contributed by atoms with Crippen LogP contribution >= 0.6 is 0 Å². The Morgan fingerprint density at radius 3 is 2.55 bits per heavy atom. The van der Waals surface area contributed by atoms with E-state index in [-0.39, 0.29) is 29.5 Å². The van der Waals surface area contributed by atoms with Crippen LogP contribution in [0, 0.1) is 0 Å². The van der Waals surface area contributed by atoms with E-state index < -0.39 is 6.10 Å². The summed E-state index contributed by atoms with van der Waals surface area (Å²) in [5.74, 6) is -0.198. The lowest BCUT2D eigenvalue weighted by Gasteiger charge is -2.25. The number of ether oxygens (including phenoxy) is 1. The minimum Gasteiger partial charge on any atom is -0.508 e. The van der Waals surface area contributed by atoms with Gasteiger partial charge in [0.05, 0.1) is 0 Å². The molecule has 102 valence electrons. The van der Waals surface area contributed by atoms with E-state index in [0.717, 1.165) is 0 Å². The number of fused-ring (bicyclic) bond motifs is 1. The summed E-state index contributed by atoms with van der Waals surface area (Å²) in [6.45, 7) is 0. The standard InChI is InChI=1S/C15H12O5/c16-10-3-1-8-5-13(19)15(20-14(8)7-10)9-2-4-11(17)12(18)6-9/h1-4,6-7,15-18H,5H2/t15-/m1/s1. The minimum absolute atomic E-state index is 0.0606.